The van der Waals surface area contributed by atoms with Crippen LogP contribution in [0.2, 0.25) is 5.02 Å². The summed E-state index contributed by atoms with van der Waals surface area (Å²) in [5.41, 5.74) is 0.0268. The maximum Gasteiger partial charge on any atom is 0.289 e. The fraction of sp³-hybridized carbons (Fsp3) is 0.474. The van der Waals surface area contributed by atoms with E-state index in [9.17, 15) is 9.18 Å². The number of benzene rings is 1. The fourth-order valence-corrected chi connectivity index (χ4v) is 2.40. The standard InChI is InChI=1S/C19H24ClFN2O4/c1-19(2,3)23-18(24)17(20)16(12-22-23)27-13-14-4-6-15(7-5-14)26-11-10-25-9-8-21/h4-7,12H,8-11,13H2,1-3H3/i21-1. The molecule has 1 aromatic heterocycles. The molecule has 0 radical (unpaired) electrons. The predicted molar refractivity (Wildman–Crippen MR) is 102 cm³/mol. The molecule has 0 saturated heterocycles. The van der Waals surface area contributed by atoms with Gasteiger partial charge in [0.15, 0.2) is 10.8 Å². The summed E-state index contributed by atoms with van der Waals surface area (Å²) in [5, 5.41) is 4.14. The normalized spacial score (nSPS) is 11.4. The zero-order valence-electron chi connectivity index (χ0n) is 15.7. The molecule has 8 heteroatoms. The van der Waals surface area contributed by atoms with Crippen LogP contribution in [0.3, 0.4) is 0 Å². The van der Waals surface area contributed by atoms with Gasteiger partial charge in [-0.25, -0.2) is 9.07 Å². The maximum atomic E-state index is 12.3. The molecule has 148 valence electrons. The molecule has 0 saturated carbocycles. The smallest absolute Gasteiger partial charge is 0.289 e. The number of ether oxygens (including phenoxy) is 3. The van der Waals surface area contributed by atoms with E-state index >= 15 is 0 Å². The number of rotatable bonds is 9. The molecule has 2 rings (SSSR count). The van der Waals surface area contributed by atoms with Crippen LogP contribution in [0.15, 0.2) is 35.3 Å². The summed E-state index contributed by atoms with van der Waals surface area (Å²) >= 11 is 6.14. The third-order valence-electron chi connectivity index (χ3n) is 3.56. The van der Waals surface area contributed by atoms with Crippen molar-refractivity contribution in [3.63, 3.8) is 0 Å². The van der Waals surface area contributed by atoms with Crippen LogP contribution in [0.4, 0.5) is 4.39 Å². The van der Waals surface area contributed by atoms with Gasteiger partial charge in [0.2, 0.25) is 0 Å². The van der Waals surface area contributed by atoms with Crippen molar-refractivity contribution in [2.24, 2.45) is 0 Å². The summed E-state index contributed by atoms with van der Waals surface area (Å²) in [6.45, 7) is 6.11. The molecule has 0 unspecified atom stereocenters. The predicted octanol–water partition coefficient (Wildman–Crippen LogP) is 3.60. The molecule has 0 aliphatic rings. The summed E-state index contributed by atoms with van der Waals surface area (Å²) in [6, 6.07) is 7.28. The van der Waals surface area contributed by atoms with Crippen molar-refractivity contribution >= 4 is 11.6 Å². The van der Waals surface area contributed by atoms with Crippen molar-refractivity contribution < 1.29 is 18.6 Å². The minimum atomic E-state index is -0.500. The van der Waals surface area contributed by atoms with Gasteiger partial charge in [-0.3, -0.25) is 4.79 Å². The Hall–Kier alpha value is -2.12. The second-order valence-electron chi connectivity index (χ2n) is 6.79. The first kappa shape index (κ1) is 21.2. The van der Waals surface area contributed by atoms with Gasteiger partial charge in [-0.2, -0.15) is 5.10 Å². The summed E-state index contributed by atoms with van der Waals surface area (Å²) in [4.78, 5) is 12.3. The van der Waals surface area contributed by atoms with Gasteiger partial charge in [0.05, 0.1) is 24.9 Å². The van der Waals surface area contributed by atoms with E-state index < -0.39 is 12.2 Å². The van der Waals surface area contributed by atoms with E-state index in [0.717, 1.165) is 5.56 Å². The molecule has 0 N–H and O–H groups in total. The molecule has 0 aliphatic heterocycles. The Balaban J connectivity index is 1.91. The van der Waals surface area contributed by atoms with Gasteiger partial charge >= 0.3 is 0 Å². The van der Waals surface area contributed by atoms with Crippen LogP contribution in [0, 0.1) is 0 Å². The Morgan fingerprint density at radius 3 is 2.44 bits per heavy atom. The number of alkyl halides is 1. The van der Waals surface area contributed by atoms with Gasteiger partial charge in [0, 0.05) is 0 Å². The Bertz CT molecular complexity index is 788. The number of halogens is 2. The number of aromatic nitrogens is 2. The van der Waals surface area contributed by atoms with Crippen LogP contribution in [0.5, 0.6) is 11.5 Å². The van der Waals surface area contributed by atoms with E-state index in [1.165, 1.54) is 10.9 Å². The van der Waals surface area contributed by atoms with E-state index in [-0.39, 0.29) is 29.5 Å². The average molecular weight is 398 g/mol. The lowest BCUT2D eigenvalue weighted by molar-refractivity contribution is 0.0897. The maximum absolute atomic E-state index is 12.3. The second-order valence-corrected chi connectivity index (χ2v) is 7.17. The summed E-state index contributed by atoms with van der Waals surface area (Å²) in [6.07, 6.45) is 1.45. The molecule has 1 heterocycles. The zero-order chi connectivity index (χ0) is 19.9. The van der Waals surface area contributed by atoms with Crippen molar-refractivity contribution in [2.75, 3.05) is 26.5 Å². The van der Waals surface area contributed by atoms with Crippen molar-refractivity contribution in [3.05, 3.63) is 51.4 Å². The largest absolute Gasteiger partial charge is 0.491 e. The number of hydrogen-bond donors (Lipinski definition) is 0. The molecular formula is C19H24ClFN2O4. The SMILES string of the molecule is CC(C)(C)n1ncc(OCc2ccc(OCCOCC[18F])cc2)c(Cl)c1=O. The highest BCUT2D eigenvalue weighted by atomic mass is 35.5. The Morgan fingerprint density at radius 2 is 1.81 bits per heavy atom. The van der Waals surface area contributed by atoms with E-state index in [4.69, 9.17) is 25.8 Å². The van der Waals surface area contributed by atoms with Gasteiger partial charge in [-0.1, -0.05) is 23.7 Å². The molecule has 0 amide bonds. The van der Waals surface area contributed by atoms with E-state index in [1.807, 2.05) is 32.9 Å². The van der Waals surface area contributed by atoms with Gasteiger partial charge in [-0.05, 0) is 38.5 Å². The fourth-order valence-electron chi connectivity index (χ4n) is 2.21. The number of hydrogen-bond acceptors (Lipinski definition) is 5. The lowest BCUT2D eigenvalue weighted by atomic mass is 10.1. The van der Waals surface area contributed by atoms with Gasteiger partial charge in [-0.15, -0.1) is 0 Å². The molecule has 0 spiro atoms. The minimum absolute atomic E-state index is 0.00755. The zero-order valence-corrected chi connectivity index (χ0v) is 16.5. The Kier molecular flexibility index (Phi) is 7.62. The van der Waals surface area contributed by atoms with Crippen LogP contribution in [-0.2, 0) is 16.9 Å². The van der Waals surface area contributed by atoms with E-state index in [2.05, 4.69) is 5.10 Å². The van der Waals surface area contributed by atoms with Gasteiger partial charge < -0.3 is 14.2 Å². The average Bonchev–Trinajstić information content (AvgIpc) is 2.63. The topological polar surface area (TPSA) is 62.6 Å². The lowest BCUT2D eigenvalue weighted by Crippen LogP contribution is -2.36. The molecule has 6 nitrogen and oxygen atoms in total. The molecule has 0 fully saturated rings. The molecule has 1 aromatic carbocycles. The first-order chi connectivity index (χ1) is 12.8. The monoisotopic (exact) mass is 397 g/mol. The summed E-state index contributed by atoms with van der Waals surface area (Å²) < 4.78 is 29.3. The van der Waals surface area contributed by atoms with Crippen molar-refractivity contribution in [2.45, 2.75) is 32.9 Å². The molecule has 0 aliphatic carbocycles. The van der Waals surface area contributed by atoms with Crippen LogP contribution in [0.1, 0.15) is 26.3 Å². The summed E-state index contributed by atoms with van der Waals surface area (Å²) in [7, 11) is 0. The highest BCUT2D eigenvalue weighted by Gasteiger charge is 2.19. The molecular weight excluding hydrogens is 374 g/mol. The third kappa shape index (κ3) is 6.22. The summed E-state index contributed by atoms with van der Waals surface area (Å²) in [5.74, 6) is 0.919. The van der Waals surface area contributed by atoms with Crippen LogP contribution in [-0.4, -0.2) is 36.3 Å². The van der Waals surface area contributed by atoms with Crippen LogP contribution < -0.4 is 15.0 Å². The first-order valence-corrected chi connectivity index (χ1v) is 8.97. The Labute approximate surface area is 162 Å². The van der Waals surface area contributed by atoms with E-state index in [1.54, 1.807) is 12.1 Å². The van der Waals surface area contributed by atoms with Gasteiger partial charge in [0.25, 0.3) is 5.56 Å². The van der Waals surface area contributed by atoms with Gasteiger partial charge in [0.1, 0.15) is 25.6 Å². The Morgan fingerprint density at radius 1 is 1.11 bits per heavy atom. The lowest BCUT2D eigenvalue weighted by Gasteiger charge is -2.21. The van der Waals surface area contributed by atoms with Crippen molar-refractivity contribution in [3.8, 4) is 11.5 Å². The second kappa shape index (κ2) is 9.71. The highest BCUT2D eigenvalue weighted by Crippen LogP contribution is 2.22. The minimum Gasteiger partial charge on any atom is -0.491 e. The third-order valence-corrected chi connectivity index (χ3v) is 3.91. The van der Waals surface area contributed by atoms with E-state index in [0.29, 0.717) is 19.0 Å². The van der Waals surface area contributed by atoms with Crippen molar-refractivity contribution in [1.82, 2.24) is 9.78 Å². The van der Waals surface area contributed by atoms with Crippen molar-refractivity contribution in [1.29, 1.82) is 0 Å². The van der Waals surface area contributed by atoms with Crippen LogP contribution in [0.25, 0.3) is 0 Å². The number of nitrogens with zero attached hydrogens (tertiary/aromatic N) is 2. The highest BCUT2D eigenvalue weighted by molar-refractivity contribution is 6.31. The van der Waals surface area contributed by atoms with Crippen LogP contribution >= 0.6 is 11.6 Å². The molecule has 0 bridgehead atoms. The molecule has 2 aromatic rings. The quantitative estimate of drug-likeness (QED) is 0.605. The molecule has 0 atom stereocenters. The first-order valence-electron chi connectivity index (χ1n) is 8.59. The molecule has 27 heavy (non-hydrogen) atoms.